The number of hydrogen-bond acceptors (Lipinski definition) is 2. The molecular formula is C18H15Cl2NS. The third-order valence-corrected chi connectivity index (χ3v) is 5.44. The van der Waals surface area contributed by atoms with Gasteiger partial charge in [0.1, 0.15) is 0 Å². The molecule has 0 radical (unpaired) electrons. The van der Waals surface area contributed by atoms with Gasteiger partial charge in [-0.05, 0) is 31.5 Å². The van der Waals surface area contributed by atoms with E-state index in [1.807, 2.05) is 24.3 Å². The summed E-state index contributed by atoms with van der Waals surface area (Å²) >= 11 is 14.0. The summed E-state index contributed by atoms with van der Waals surface area (Å²) in [5, 5.41) is 1.11. The van der Waals surface area contributed by atoms with E-state index in [-0.39, 0.29) is 0 Å². The Labute approximate surface area is 145 Å². The van der Waals surface area contributed by atoms with Crippen molar-refractivity contribution < 1.29 is 0 Å². The second kappa shape index (κ2) is 6.49. The number of thioether (sulfide) groups is 1. The Balaban J connectivity index is 2.24. The molecule has 0 aliphatic carbocycles. The molecule has 1 aliphatic rings. The summed E-state index contributed by atoms with van der Waals surface area (Å²) in [6.45, 7) is 4.26. The molecule has 112 valence electrons. The highest BCUT2D eigenvalue weighted by Gasteiger charge is 2.18. The Morgan fingerprint density at radius 3 is 2.55 bits per heavy atom. The first kappa shape index (κ1) is 15.7. The van der Waals surface area contributed by atoms with Crippen LogP contribution in [0.2, 0.25) is 10.0 Å². The maximum absolute atomic E-state index is 6.20. The molecule has 0 spiro atoms. The molecule has 0 N–H and O–H groups in total. The fourth-order valence-corrected chi connectivity index (χ4v) is 3.80. The largest absolute Gasteiger partial charge is 0.251 e. The predicted molar refractivity (Wildman–Crippen MR) is 97.4 cm³/mol. The number of rotatable bonds is 2. The predicted octanol–water partition coefficient (Wildman–Crippen LogP) is 6.58. The number of benzene rings is 2. The molecule has 1 heterocycles. The summed E-state index contributed by atoms with van der Waals surface area (Å²) < 4.78 is 0. The van der Waals surface area contributed by atoms with Gasteiger partial charge in [0, 0.05) is 20.9 Å². The smallest absolute Gasteiger partial charge is 0.0789 e. The molecule has 2 aromatic rings. The number of allylic oxidation sites excluding steroid dienone is 2. The molecule has 0 saturated carbocycles. The van der Waals surface area contributed by atoms with Crippen molar-refractivity contribution in [3.63, 3.8) is 0 Å². The van der Waals surface area contributed by atoms with Crippen molar-refractivity contribution in [2.24, 2.45) is 4.99 Å². The third kappa shape index (κ3) is 2.96. The third-order valence-electron chi connectivity index (χ3n) is 3.59. The number of fused-ring (bicyclic) bond motifs is 1. The molecule has 1 nitrogen and oxygen atoms in total. The zero-order chi connectivity index (χ0) is 15.7. The van der Waals surface area contributed by atoms with Crippen LogP contribution in [-0.4, -0.2) is 5.71 Å². The number of halogens is 2. The lowest BCUT2D eigenvalue weighted by atomic mass is 10.0. The molecule has 0 saturated heterocycles. The highest BCUT2D eigenvalue weighted by atomic mass is 35.5. The van der Waals surface area contributed by atoms with Crippen molar-refractivity contribution in [3.8, 4) is 0 Å². The van der Waals surface area contributed by atoms with Crippen LogP contribution in [0.15, 0.2) is 63.0 Å². The summed E-state index contributed by atoms with van der Waals surface area (Å²) in [4.78, 5) is 7.39. The van der Waals surface area contributed by atoms with E-state index in [9.17, 15) is 0 Å². The van der Waals surface area contributed by atoms with Crippen LogP contribution in [0.25, 0.3) is 0 Å². The lowest BCUT2D eigenvalue weighted by molar-refractivity contribution is 1.05. The van der Waals surface area contributed by atoms with Crippen LogP contribution in [0.3, 0.4) is 0 Å². The van der Waals surface area contributed by atoms with Crippen molar-refractivity contribution in [3.05, 3.63) is 74.2 Å². The summed E-state index contributed by atoms with van der Waals surface area (Å²) in [5.74, 6) is 0. The van der Waals surface area contributed by atoms with E-state index in [4.69, 9.17) is 28.2 Å². The van der Waals surface area contributed by atoms with Crippen LogP contribution < -0.4 is 0 Å². The van der Waals surface area contributed by atoms with Gasteiger partial charge in [-0.3, -0.25) is 4.99 Å². The highest BCUT2D eigenvalue weighted by Crippen LogP contribution is 2.37. The van der Waals surface area contributed by atoms with Gasteiger partial charge in [-0.25, -0.2) is 0 Å². The van der Waals surface area contributed by atoms with Crippen LogP contribution in [0.4, 0.5) is 0 Å². The maximum Gasteiger partial charge on any atom is 0.0789 e. The molecule has 0 unspecified atom stereocenters. The van der Waals surface area contributed by atoms with Crippen LogP contribution in [0.1, 0.15) is 31.4 Å². The number of aliphatic imine (C=N–C) groups is 1. The molecule has 2 aromatic carbocycles. The first-order valence-electron chi connectivity index (χ1n) is 7.11. The van der Waals surface area contributed by atoms with Crippen LogP contribution in [0.5, 0.6) is 0 Å². The number of hydrogen-bond donors (Lipinski definition) is 0. The zero-order valence-corrected chi connectivity index (χ0v) is 14.7. The molecule has 1 aliphatic heterocycles. The quantitative estimate of drug-likeness (QED) is 0.597. The van der Waals surface area contributed by atoms with E-state index in [1.54, 1.807) is 11.8 Å². The van der Waals surface area contributed by atoms with E-state index in [2.05, 4.69) is 32.0 Å². The van der Waals surface area contributed by atoms with Gasteiger partial charge >= 0.3 is 0 Å². The molecule has 4 heteroatoms. The SMILES string of the molecule is CCC1=C(C)Sc2ccccc2C(c2ccc(Cl)c(Cl)c2)=N1. The summed E-state index contributed by atoms with van der Waals surface area (Å²) in [5.41, 5.74) is 4.19. The zero-order valence-electron chi connectivity index (χ0n) is 12.4. The van der Waals surface area contributed by atoms with Gasteiger partial charge in [0.05, 0.1) is 21.5 Å². The minimum Gasteiger partial charge on any atom is -0.251 e. The molecule has 3 rings (SSSR count). The Hall–Kier alpha value is -1.22. The molecule has 0 atom stereocenters. The van der Waals surface area contributed by atoms with Gasteiger partial charge in [-0.15, -0.1) is 0 Å². The molecule has 0 bridgehead atoms. The second-order valence-electron chi connectivity index (χ2n) is 5.04. The average Bonchev–Trinajstić information content (AvgIpc) is 2.66. The Bertz CT molecular complexity index is 793. The number of nitrogens with zero attached hydrogens (tertiary/aromatic N) is 1. The van der Waals surface area contributed by atoms with E-state index in [1.165, 1.54) is 9.80 Å². The van der Waals surface area contributed by atoms with E-state index in [0.717, 1.165) is 29.0 Å². The molecular weight excluding hydrogens is 333 g/mol. The first-order chi connectivity index (χ1) is 10.6. The Morgan fingerprint density at radius 1 is 1.05 bits per heavy atom. The van der Waals surface area contributed by atoms with Gasteiger partial charge in [0.2, 0.25) is 0 Å². The normalized spacial score (nSPS) is 14.5. The van der Waals surface area contributed by atoms with Gasteiger partial charge < -0.3 is 0 Å². The maximum atomic E-state index is 6.20. The first-order valence-corrected chi connectivity index (χ1v) is 8.68. The standard InChI is InChI=1S/C18H15Cl2NS/c1-3-16-11(2)22-17-7-5-4-6-13(17)18(21-16)12-8-9-14(19)15(20)10-12/h4-10H,3H2,1-2H3. The molecule has 22 heavy (non-hydrogen) atoms. The van der Waals surface area contributed by atoms with Gasteiger partial charge in [-0.1, -0.05) is 66.2 Å². The van der Waals surface area contributed by atoms with Gasteiger partial charge in [0.15, 0.2) is 0 Å². The van der Waals surface area contributed by atoms with Crippen LogP contribution in [-0.2, 0) is 0 Å². The fourth-order valence-electron chi connectivity index (χ4n) is 2.44. The molecule has 0 fully saturated rings. The van der Waals surface area contributed by atoms with E-state index < -0.39 is 0 Å². The monoisotopic (exact) mass is 347 g/mol. The summed E-state index contributed by atoms with van der Waals surface area (Å²) in [7, 11) is 0. The Kier molecular flexibility index (Phi) is 4.62. The minimum absolute atomic E-state index is 0.551. The second-order valence-corrected chi connectivity index (χ2v) is 7.11. The van der Waals surface area contributed by atoms with Crippen LogP contribution in [0, 0.1) is 0 Å². The van der Waals surface area contributed by atoms with Gasteiger partial charge in [0.25, 0.3) is 0 Å². The minimum atomic E-state index is 0.551. The van der Waals surface area contributed by atoms with Crippen molar-refractivity contribution in [2.75, 3.05) is 0 Å². The van der Waals surface area contributed by atoms with Crippen LogP contribution >= 0.6 is 35.0 Å². The van der Waals surface area contributed by atoms with E-state index >= 15 is 0 Å². The van der Waals surface area contributed by atoms with Gasteiger partial charge in [-0.2, -0.15) is 0 Å². The van der Waals surface area contributed by atoms with E-state index in [0.29, 0.717) is 10.0 Å². The fraction of sp³-hybridized carbons (Fsp3) is 0.167. The summed E-state index contributed by atoms with van der Waals surface area (Å²) in [6, 6.07) is 14.0. The lowest BCUT2D eigenvalue weighted by Gasteiger charge is -2.10. The van der Waals surface area contributed by atoms with Crippen molar-refractivity contribution in [1.29, 1.82) is 0 Å². The van der Waals surface area contributed by atoms with Crippen molar-refractivity contribution in [1.82, 2.24) is 0 Å². The Morgan fingerprint density at radius 2 is 1.82 bits per heavy atom. The van der Waals surface area contributed by atoms with Crippen molar-refractivity contribution in [2.45, 2.75) is 25.2 Å². The van der Waals surface area contributed by atoms with Crippen molar-refractivity contribution >= 4 is 40.7 Å². The summed E-state index contributed by atoms with van der Waals surface area (Å²) in [6.07, 6.45) is 0.900. The topological polar surface area (TPSA) is 12.4 Å². The molecule has 0 amide bonds. The molecule has 0 aromatic heterocycles. The average molecular weight is 348 g/mol. The highest BCUT2D eigenvalue weighted by molar-refractivity contribution is 8.03. The lowest BCUT2D eigenvalue weighted by Crippen LogP contribution is -2.04.